The minimum Gasteiger partial charge on any atom is -0.475 e. The number of halogens is 3. The number of carbonyl (C=O) groups excluding carboxylic acids is 1. The van der Waals surface area contributed by atoms with Crippen LogP contribution in [0.25, 0.3) is 22.0 Å². The average molecular weight is 570 g/mol. The second kappa shape index (κ2) is 11.6. The van der Waals surface area contributed by atoms with Crippen LogP contribution in [0.2, 0.25) is 0 Å². The normalized spacial score (nSPS) is 15.0. The van der Waals surface area contributed by atoms with Gasteiger partial charge in [-0.15, -0.1) is 0 Å². The number of amides is 1. The summed E-state index contributed by atoms with van der Waals surface area (Å²) in [5.41, 5.74) is 9.73. The summed E-state index contributed by atoms with van der Waals surface area (Å²) < 4.78 is 57.7. The van der Waals surface area contributed by atoms with Crippen molar-refractivity contribution in [2.24, 2.45) is 5.73 Å². The summed E-state index contributed by atoms with van der Waals surface area (Å²) in [5, 5.41) is 8.07. The fourth-order valence-corrected chi connectivity index (χ4v) is 5.53. The molecule has 1 aliphatic rings. The van der Waals surface area contributed by atoms with Gasteiger partial charge in [0.05, 0.1) is 16.8 Å². The van der Waals surface area contributed by atoms with Crippen LogP contribution in [0, 0.1) is 0 Å². The Labute approximate surface area is 223 Å². The van der Waals surface area contributed by atoms with Crippen LogP contribution in [0.15, 0.2) is 36.7 Å². The third-order valence-corrected chi connectivity index (χ3v) is 8.40. The topological polar surface area (TPSA) is 150 Å². The van der Waals surface area contributed by atoms with Crippen LogP contribution in [0.3, 0.4) is 0 Å². The predicted molar refractivity (Wildman–Crippen MR) is 141 cm³/mol. The standard InChI is InChI=1S/C23H29N5O3S.C2HF3O2/c1-4-32(30,31)28-9-7-15(8-10-28)20-14-26-22-18(20)11-17(12-19(22)23(24)29)16-5-6-21(25-13-16)27(2)3;3-2(4,5)1(6)7/h5-6,11-15,26H,4,7-10H2,1-3H3,(H2,24,29);(H,6,7). The van der Waals surface area contributed by atoms with Crippen molar-refractivity contribution in [3.05, 3.63) is 47.8 Å². The number of hydrogen-bond donors (Lipinski definition) is 3. The highest BCUT2D eigenvalue weighted by molar-refractivity contribution is 7.89. The summed E-state index contributed by atoms with van der Waals surface area (Å²) in [5.74, 6) is -2.07. The molecular formula is C25H30F3N5O5S. The number of anilines is 1. The van der Waals surface area contributed by atoms with E-state index < -0.39 is 28.1 Å². The molecule has 1 saturated heterocycles. The van der Waals surface area contributed by atoms with Crippen molar-refractivity contribution in [3.63, 3.8) is 0 Å². The molecule has 3 aromatic rings. The first-order chi connectivity index (χ1) is 18.2. The van der Waals surface area contributed by atoms with Crippen LogP contribution < -0.4 is 10.6 Å². The zero-order chi connectivity index (χ0) is 29.1. The molecule has 14 heteroatoms. The number of piperidine rings is 1. The zero-order valence-corrected chi connectivity index (χ0v) is 22.4. The second-order valence-electron chi connectivity index (χ2n) is 9.23. The lowest BCUT2D eigenvalue weighted by Gasteiger charge is -2.31. The van der Waals surface area contributed by atoms with Crippen LogP contribution in [-0.4, -0.2) is 78.8 Å². The lowest BCUT2D eigenvalue weighted by molar-refractivity contribution is -0.192. The number of aromatic nitrogens is 2. The van der Waals surface area contributed by atoms with E-state index in [-0.39, 0.29) is 11.7 Å². The van der Waals surface area contributed by atoms with Gasteiger partial charge in [0.25, 0.3) is 5.91 Å². The highest BCUT2D eigenvalue weighted by atomic mass is 32.2. The van der Waals surface area contributed by atoms with Gasteiger partial charge in [-0.3, -0.25) is 4.79 Å². The highest BCUT2D eigenvalue weighted by Gasteiger charge is 2.38. The largest absolute Gasteiger partial charge is 0.490 e. The van der Waals surface area contributed by atoms with Crippen LogP contribution >= 0.6 is 0 Å². The van der Waals surface area contributed by atoms with Gasteiger partial charge < -0.3 is 20.7 Å². The summed E-state index contributed by atoms with van der Waals surface area (Å²) in [4.78, 5) is 30.8. The van der Waals surface area contributed by atoms with E-state index in [1.807, 2.05) is 37.3 Å². The number of carboxylic acids is 1. The maximum Gasteiger partial charge on any atom is 0.490 e. The van der Waals surface area contributed by atoms with E-state index >= 15 is 0 Å². The molecule has 4 N–H and O–H groups in total. The van der Waals surface area contributed by atoms with E-state index in [0.717, 1.165) is 46.3 Å². The zero-order valence-electron chi connectivity index (χ0n) is 21.6. The average Bonchev–Trinajstić information content (AvgIpc) is 3.32. The van der Waals surface area contributed by atoms with Gasteiger partial charge in [0, 0.05) is 50.5 Å². The molecule has 212 valence electrons. The fourth-order valence-electron chi connectivity index (χ4n) is 4.40. The van der Waals surface area contributed by atoms with E-state index in [2.05, 4.69) is 16.0 Å². The summed E-state index contributed by atoms with van der Waals surface area (Å²) in [6.07, 6.45) is 0.118. The maximum absolute atomic E-state index is 12.2. The Morgan fingerprint density at radius 1 is 1.18 bits per heavy atom. The van der Waals surface area contributed by atoms with E-state index in [4.69, 9.17) is 15.6 Å². The molecule has 1 amide bonds. The van der Waals surface area contributed by atoms with Crippen molar-refractivity contribution in [2.45, 2.75) is 31.9 Å². The molecular weight excluding hydrogens is 539 g/mol. The number of alkyl halides is 3. The number of sulfonamides is 1. The molecule has 0 atom stereocenters. The van der Waals surface area contributed by atoms with Crippen molar-refractivity contribution in [2.75, 3.05) is 37.8 Å². The second-order valence-corrected chi connectivity index (χ2v) is 11.5. The van der Waals surface area contributed by atoms with Gasteiger partial charge in [0.2, 0.25) is 10.0 Å². The number of nitrogens with zero attached hydrogens (tertiary/aromatic N) is 3. The molecule has 0 spiro atoms. The van der Waals surface area contributed by atoms with Crippen LogP contribution in [0.5, 0.6) is 0 Å². The lowest BCUT2D eigenvalue weighted by Crippen LogP contribution is -2.38. The number of hydrogen-bond acceptors (Lipinski definition) is 6. The van der Waals surface area contributed by atoms with Gasteiger partial charge in [-0.25, -0.2) is 22.5 Å². The number of fused-ring (bicyclic) bond motifs is 1. The number of carboxylic acid groups (broad SMARTS) is 1. The number of benzene rings is 1. The first-order valence-electron chi connectivity index (χ1n) is 12.0. The molecule has 0 saturated carbocycles. The number of nitrogens with two attached hydrogens (primary N) is 1. The van der Waals surface area contributed by atoms with Crippen molar-refractivity contribution in [3.8, 4) is 11.1 Å². The van der Waals surface area contributed by atoms with Crippen molar-refractivity contribution >= 4 is 38.6 Å². The third-order valence-electron chi connectivity index (χ3n) is 6.52. The Morgan fingerprint density at radius 3 is 2.26 bits per heavy atom. The van der Waals surface area contributed by atoms with E-state index in [1.54, 1.807) is 23.5 Å². The lowest BCUT2D eigenvalue weighted by atomic mass is 9.88. The Hall–Kier alpha value is -3.65. The quantitative estimate of drug-likeness (QED) is 0.411. The minimum absolute atomic E-state index is 0.122. The van der Waals surface area contributed by atoms with E-state index in [0.29, 0.717) is 18.7 Å². The summed E-state index contributed by atoms with van der Waals surface area (Å²) in [6.45, 7) is 2.69. The summed E-state index contributed by atoms with van der Waals surface area (Å²) in [6, 6.07) is 7.78. The monoisotopic (exact) mass is 569 g/mol. The number of primary amides is 1. The minimum atomic E-state index is -5.08. The third kappa shape index (κ3) is 6.87. The van der Waals surface area contributed by atoms with Crippen LogP contribution in [0.4, 0.5) is 19.0 Å². The van der Waals surface area contributed by atoms with Gasteiger partial charge in [0.1, 0.15) is 5.82 Å². The highest BCUT2D eigenvalue weighted by Crippen LogP contribution is 2.37. The summed E-state index contributed by atoms with van der Waals surface area (Å²) in [7, 11) is 0.693. The Balaban J connectivity index is 0.000000532. The van der Waals surface area contributed by atoms with Gasteiger partial charge >= 0.3 is 12.1 Å². The molecule has 0 radical (unpaired) electrons. The molecule has 0 unspecified atom stereocenters. The van der Waals surface area contributed by atoms with Crippen molar-refractivity contribution in [1.29, 1.82) is 0 Å². The van der Waals surface area contributed by atoms with Crippen LogP contribution in [-0.2, 0) is 14.8 Å². The summed E-state index contributed by atoms with van der Waals surface area (Å²) >= 11 is 0. The smallest absolute Gasteiger partial charge is 0.475 e. The van der Waals surface area contributed by atoms with Gasteiger partial charge in [-0.05, 0) is 61.1 Å². The SMILES string of the molecule is CCS(=O)(=O)N1CCC(c2c[nH]c3c(C(N)=O)cc(-c4ccc(N(C)C)nc4)cc23)CC1.O=C(O)C(F)(F)F. The van der Waals surface area contributed by atoms with Gasteiger partial charge in [0.15, 0.2) is 0 Å². The Morgan fingerprint density at radius 2 is 1.79 bits per heavy atom. The van der Waals surface area contributed by atoms with Crippen molar-refractivity contribution in [1.82, 2.24) is 14.3 Å². The van der Waals surface area contributed by atoms with Gasteiger partial charge in [-0.1, -0.05) is 0 Å². The molecule has 3 heterocycles. The molecule has 4 rings (SSSR count). The molecule has 1 aliphatic heterocycles. The van der Waals surface area contributed by atoms with Crippen LogP contribution in [0.1, 0.15) is 41.6 Å². The first kappa shape index (κ1) is 29.9. The number of carbonyl (C=O) groups is 2. The van der Waals surface area contributed by atoms with Crippen molar-refractivity contribution < 1.29 is 36.3 Å². The van der Waals surface area contributed by atoms with E-state index in [9.17, 15) is 26.4 Å². The number of aromatic amines is 1. The molecule has 39 heavy (non-hydrogen) atoms. The Bertz CT molecular complexity index is 1450. The number of rotatable bonds is 6. The maximum atomic E-state index is 12.2. The molecule has 0 bridgehead atoms. The number of aliphatic carboxylic acids is 1. The molecule has 0 aliphatic carbocycles. The van der Waals surface area contributed by atoms with E-state index in [1.165, 1.54) is 0 Å². The molecule has 1 aromatic carbocycles. The predicted octanol–water partition coefficient (Wildman–Crippen LogP) is 3.56. The molecule has 10 nitrogen and oxygen atoms in total. The number of pyridine rings is 1. The fraction of sp³-hybridized carbons (Fsp3) is 0.400. The Kier molecular flexibility index (Phi) is 8.91. The molecule has 1 fully saturated rings. The number of nitrogens with one attached hydrogen (secondary N) is 1. The first-order valence-corrected chi connectivity index (χ1v) is 13.6. The van der Waals surface area contributed by atoms with Gasteiger partial charge in [-0.2, -0.15) is 13.2 Å². The number of H-pyrrole nitrogens is 1. The molecule has 2 aromatic heterocycles.